The zero-order valence-corrected chi connectivity index (χ0v) is 11.3. The normalized spacial score (nSPS) is 18.1. The first-order valence-electron chi connectivity index (χ1n) is 5.27. The third kappa shape index (κ3) is 2.65. The SMILES string of the molecule is CN=C(N)/C(=C1/N=CC(Br)=CN1)c1ccccn1. The van der Waals surface area contributed by atoms with Crippen LogP contribution in [0.4, 0.5) is 0 Å². The standard InChI is InChI=1S/C12H12BrN5/c1-15-11(14)10(9-4-2-3-5-16-9)12-17-6-8(13)7-18-12/h2-7,17H,1H3,(H2,14,15)/b12-10+. The summed E-state index contributed by atoms with van der Waals surface area (Å²) in [6, 6.07) is 5.61. The molecule has 0 radical (unpaired) electrons. The molecule has 0 aromatic carbocycles. The summed E-state index contributed by atoms with van der Waals surface area (Å²) in [7, 11) is 1.64. The number of aliphatic imine (C=N–C) groups is 2. The first kappa shape index (κ1) is 12.5. The number of nitrogens with zero attached hydrogens (tertiary/aromatic N) is 3. The number of pyridine rings is 1. The Morgan fingerprint density at radius 1 is 1.44 bits per heavy atom. The fourth-order valence-electron chi connectivity index (χ4n) is 1.47. The van der Waals surface area contributed by atoms with Crippen LogP contribution in [0.2, 0.25) is 0 Å². The van der Waals surface area contributed by atoms with Crippen LogP contribution in [-0.4, -0.2) is 24.1 Å². The number of allylic oxidation sites excluding steroid dienone is 1. The number of rotatable bonds is 2. The van der Waals surface area contributed by atoms with Crippen molar-refractivity contribution in [3.05, 3.63) is 46.6 Å². The summed E-state index contributed by atoms with van der Waals surface area (Å²) in [5, 5.41) is 3.05. The Morgan fingerprint density at radius 3 is 2.83 bits per heavy atom. The second kappa shape index (κ2) is 5.59. The molecule has 0 aliphatic carbocycles. The van der Waals surface area contributed by atoms with Gasteiger partial charge in [-0.1, -0.05) is 6.07 Å². The van der Waals surface area contributed by atoms with Crippen molar-refractivity contribution < 1.29 is 0 Å². The number of aromatic nitrogens is 1. The molecule has 5 nitrogen and oxygen atoms in total. The zero-order valence-electron chi connectivity index (χ0n) is 9.76. The van der Waals surface area contributed by atoms with Crippen molar-refractivity contribution in [2.75, 3.05) is 7.05 Å². The van der Waals surface area contributed by atoms with Crippen LogP contribution in [0.1, 0.15) is 5.69 Å². The summed E-state index contributed by atoms with van der Waals surface area (Å²) >= 11 is 3.32. The fraction of sp³-hybridized carbons (Fsp3) is 0.0833. The molecule has 0 saturated carbocycles. The van der Waals surface area contributed by atoms with E-state index in [4.69, 9.17) is 5.73 Å². The Kier molecular flexibility index (Phi) is 3.88. The molecule has 18 heavy (non-hydrogen) atoms. The van der Waals surface area contributed by atoms with E-state index in [9.17, 15) is 0 Å². The predicted octanol–water partition coefficient (Wildman–Crippen LogP) is 1.65. The Balaban J connectivity index is 2.52. The lowest BCUT2D eigenvalue weighted by atomic mass is 10.1. The van der Waals surface area contributed by atoms with Crippen LogP contribution in [0.3, 0.4) is 0 Å². The molecule has 1 aliphatic rings. The van der Waals surface area contributed by atoms with Gasteiger partial charge in [0.05, 0.1) is 15.7 Å². The Bertz CT molecular complexity index is 557. The van der Waals surface area contributed by atoms with Crippen LogP contribution in [0.5, 0.6) is 0 Å². The van der Waals surface area contributed by atoms with E-state index in [0.29, 0.717) is 17.2 Å². The van der Waals surface area contributed by atoms with Gasteiger partial charge in [0.15, 0.2) is 0 Å². The van der Waals surface area contributed by atoms with E-state index in [1.54, 1.807) is 25.7 Å². The maximum absolute atomic E-state index is 5.92. The van der Waals surface area contributed by atoms with Crippen molar-refractivity contribution >= 4 is 33.6 Å². The number of halogens is 1. The molecular weight excluding hydrogens is 294 g/mol. The van der Waals surface area contributed by atoms with E-state index >= 15 is 0 Å². The summed E-state index contributed by atoms with van der Waals surface area (Å²) in [6.07, 6.45) is 5.18. The fourth-order valence-corrected chi connectivity index (χ4v) is 1.69. The lowest BCUT2D eigenvalue weighted by molar-refractivity contribution is 1.02. The number of amidine groups is 1. The molecule has 1 aromatic rings. The first-order valence-corrected chi connectivity index (χ1v) is 6.06. The zero-order chi connectivity index (χ0) is 13.0. The summed E-state index contributed by atoms with van der Waals surface area (Å²) in [4.78, 5) is 12.6. The molecule has 2 rings (SSSR count). The highest BCUT2D eigenvalue weighted by molar-refractivity contribution is 9.12. The van der Waals surface area contributed by atoms with Gasteiger partial charge in [0.2, 0.25) is 0 Å². The van der Waals surface area contributed by atoms with E-state index in [2.05, 4.69) is 36.2 Å². The van der Waals surface area contributed by atoms with E-state index in [-0.39, 0.29) is 0 Å². The van der Waals surface area contributed by atoms with Gasteiger partial charge in [-0.2, -0.15) is 0 Å². The molecule has 0 saturated heterocycles. The molecule has 0 bridgehead atoms. The predicted molar refractivity (Wildman–Crippen MR) is 77.3 cm³/mol. The first-order chi connectivity index (χ1) is 8.72. The third-order valence-electron chi connectivity index (χ3n) is 2.32. The van der Waals surface area contributed by atoms with Gasteiger partial charge in [-0.25, -0.2) is 4.99 Å². The van der Waals surface area contributed by atoms with E-state index < -0.39 is 0 Å². The third-order valence-corrected chi connectivity index (χ3v) is 2.75. The lowest BCUT2D eigenvalue weighted by Crippen LogP contribution is -2.21. The van der Waals surface area contributed by atoms with E-state index in [1.807, 2.05) is 18.2 Å². The highest BCUT2D eigenvalue weighted by atomic mass is 79.9. The van der Waals surface area contributed by atoms with Crippen LogP contribution in [-0.2, 0) is 0 Å². The van der Waals surface area contributed by atoms with Gasteiger partial charge in [0, 0.05) is 25.7 Å². The largest absolute Gasteiger partial charge is 0.383 e. The molecule has 0 amide bonds. The average Bonchev–Trinajstić information content (AvgIpc) is 2.42. The molecule has 2 heterocycles. The summed E-state index contributed by atoms with van der Waals surface area (Å²) in [5.74, 6) is 1.01. The van der Waals surface area contributed by atoms with Crippen molar-refractivity contribution in [3.63, 3.8) is 0 Å². The number of hydrogen-bond donors (Lipinski definition) is 2. The second-order valence-electron chi connectivity index (χ2n) is 3.48. The minimum atomic E-state index is 0.389. The van der Waals surface area contributed by atoms with E-state index in [0.717, 1.165) is 10.2 Å². The lowest BCUT2D eigenvalue weighted by Gasteiger charge is -2.13. The Morgan fingerprint density at radius 2 is 2.28 bits per heavy atom. The van der Waals surface area contributed by atoms with Crippen molar-refractivity contribution in [2.24, 2.45) is 15.7 Å². The average molecular weight is 306 g/mol. The topological polar surface area (TPSA) is 75.7 Å². The number of hydrogen-bond acceptors (Lipinski definition) is 4. The molecule has 0 atom stereocenters. The number of nitrogens with one attached hydrogen (secondary N) is 1. The minimum absolute atomic E-state index is 0.389. The summed E-state index contributed by atoms with van der Waals surface area (Å²) in [6.45, 7) is 0. The smallest absolute Gasteiger partial charge is 0.143 e. The van der Waals surface area contributed by atoms with Crippen molar-refractivity contribution in [1.29, 1.82) is 0 Å². The van der Waals surface area contributed by atoms with Gasteiger partial charge >= 0.3 is 0 Å². The van der Waals surface area contributed by atoms with Crippen molar-refractivity contribution in [3.8, 4) is 0 Å². The van der Waals surface area contributed by atoms with Gasteiger partial charge in [0.25, 0.3) is 0 Å². The molecule has 1 aromatic heterocycles. The molecule has 3 N–H and O–H groups in total. The van der Waals surface area contributed by atoms with Gasteiger partial charge < -0.3 is 11.1 Å². The molecule has 0 unspecified atom stereocenters. The highest BCUT2D eigenvalue weighted by Gasteiger charge is 2.14. The minimum Gasteiger partial charge on any atom is -0.383 e. The Labute approximate surface area is 113 Å². The summed E-state index contributed by atoms with van der Waals surface area (Å²) in [5.41, 5.74) is 7.33. The highest BCUT2D eigenvalue weighted by Crippen LogP contribution is 2.19. The molecular formula is C12H12BrN5. The maximum Gasteiger partial charge on any atom is 0.143 e. The van der Waals surface area contributed by atoms with Crippen LogP contribution in [0.25, 0.3) is 5.57 Å². The molecule has 0 fully saturated rings. The van der Waals surface area contributed by atoms with Crippen LogP contribution < -0.4 is 11.1 Å². The summed E-state index contributed by atoms with van der Waals surface area (Å²) < 4.78 is 0.860. The monoisotopic (exact) mass is 305 g/mol. The van der Waals surface area contributed by atoms with Crippen LogP contribution >= 0.6 is 15.9 Å². The quantitative estimate of drug-likeness (QED) is 0.644. The van der Waals surface area contributed by atoms with Crippen molar-refractivity contribution in [2.45, 2.75) is 0 Å². The van der Waals surface area contributed by atoms with Gasteiger partial charge in [-0.3, -0.25) is 9.98 Å². The van der Waals surface area contributed by atoms with Gasteiger partial charge in [0.1, 0.15) is 11.7 Å². The van der Waals surface area contributed by atoms with Crippen molar-refractivity contribution in [1.82, 2.24) is 10.3 Å². The molecule has 0 spiro atoms. The van der Waals surface area contributed by atoms with Crippen LogP contribution in [0, 0.1) is 0 Å². The molecule has 6 heteroatoms. The second-order valence-corrected chi connectivity index (χ2v) is 4.39. The van der Waals surface area contributed by atoms with Gasteiger partial charge in [-0.05, 0) is 28.1 Å². The Hall–Kier alpha value is -1.95. The molecule has 92 valence electrons. The molecule has 1 aliphatic heterocycles. The van der Waals surface area contributed by atoms with Gasteiger partial charge in [-0.15, -0.1) is 0 Å². The number of nitrogens with two attached hydrogens (primary N) is 1. The van der Waals surface area contributed by atoms with E-state index in [1.165, 1.54) is 0 Å². The van der Waals surface area contributed by atoms with Crippen LogP contribution in [0.15, 0.2) is 50.9 Å². The maximum atomic E-state index is 5.92.